The molecule has 0 saturated heterocycles. The molecule has 0 fully saturated rings. The van der Waals surface area contributed by atoms with E-state index in [-0.39, 0.29) is 52.7 Å². The largest absolute Gasteiger partial charge is 0.456 e. The lowest BCUT2D eigenvalue weighted by molar-refractivity contribution is 0.590. The van der Waals surface area contributed by atoms with E-state index in [9.17, 15) is 0 Å². The second-order valence-electron chi connectivity index (χ2n) is 22.7. The van der Waals surface area contributed by atoms with Gasteiger partial charge in [-0.2, -0.15) is 0 Å². The van der Waals surface area contributed by atoms with Gasteiger partial charge in [0.15, 0.2) is 0 Å². The van der Waals surface area contributed by atoms with Crippen molar-refractivity contribution in [3.05, 3.63) is 205 Å². The van der Waals surface area contributed by atoms with Crippen molar-refractivity contribution >= 4 is 101 Å². The molecular weight excluding hydrogens is 862 g/mol. The Morgan fingerprint density at radius 3 is 1.72 bits per heavy atom. The van der Waals surface area contributed by atoms with Crippen LogP contribution < -0.4 is 26.2 Å². The number of hydrogen-bond acceptors (Lipinski definition) is 3. The zero-order valence-corrected chi connectivity index (χ0v) is 41.8. The number of hydrogen-bond donors (Lipinski definition) is 0. The van der Waals surface area contributed by atoms with Gasteiger partial charge in [0.25, 0.3) is 6.71 Å². The molecular formula is C66H58BN3O. The highest BCUT2D eigenvalue weighted by molar-refractivity contribution is 7.00. The first-order chi connectivity index (χ1) is 36.2. The molecule has 4 nitrogen and oxygen atoms in total. The number of para-hydroxylation sites is 2. The summed E-state index contributed by atoms with van der Waals surface area (Å²) in [6.45, 7) is 19.9. The highest BCUT2D eigenvalue weighted by atomic mass is 16.3. The van der Waals surface area contributed by atoms with Crippen LogP contribution in [0.3, 0.4) is 0 Å². The molecule has 11 aromatic rings. The van der Waals surface area contributed by atoms with Crippen LogP contribution in [0, 0.1) is 0 Å². The molecule has 13 rings (SSSR count). The molecule has 0 N–H and O–H groups in total. The zero-order chi connectivity index (χ0) is 53.1. The predicted molar refractivity (Wildman–Crippen MR) is 304 cm³/mol. The van der Waals surface area contributed by atoms with E-state index in [1.54, 1.807) is 0 Å². The molecule has 0 saturated carbocycles. The fourth-order valence-electron chi connectivity index (χ4n) is 11.4. The number of anilines is 6. The van der Waals surface area contributed by atoms with Crippen molar-refractivity contribution < 1.29 is 11.3 Å². The summed E-state index contributed by atoms with van der Waals surface area (Å²) in [5.41, 5.74) is 18.3. The van der Waals surface area contributed by atoms with Crippen molar-refractivity contribution in [1.29, 1.82) is 0 Å². The molecule has 71 heavy (non-hydrogen) atoms. The predicted octanol–water partition coefficient (Wildman–Crippen LogP) is 16.3. The van der Waals surface area contributed by atoms with Crippen molar-refractivity contribution in [2.45, 2.75) is 78.6 Å². The van der Waals surface area contributed by atoms with Gasteiger partial charge in [-0.1, -0.05) is 177 Å². The third-order valence-corrected chi connectivity index (χ3v) is 15.1. The Morgan fingerprint density at radius 1 is 0.465 bits per heavy atom. The monoisotopic (exact) mass is 924 g/mol. The van der Waals surface area contributed by atoms with Gasteiger partial charge in [0.2, 0.25) is 0 Å². The van der Waals surface area contributed by atoms with E-state index in [0.717, 1.165) is 99.9 Å². The van der Waals surface area contributed by atoms with Crippen LogP contribution >= 0.6 is 0 Å². The van der Waals surface area contributed by atoms with E-state index in [1.807, 2.05) is 24.3 Å². The molecule has 5 heteroatoms. The summed E-state index contributed by atoms with van der Waals surface area (Å²) in [6, 6.07) is 55.6. The maximum Gasteiger partial charge on any atom is 0.252 e. The Bertz CT molecular complexity index is 4150. The summed E-state index contributed by atoms with van der Waals surface area (Å²) in [5.74, 6) is 0. The average Bonchev–Trinajstić information content (AvgIpc) is 4.11. The van der Waals surface area contributed by atoms with Crippen LogP contribution in [-0.4, -0.2) is 11.3 Å². The van der Waals surface area contributed by atoms with Crippen LogP contribution in [0.5, 0.6) is 0 Å². The standard InChI is InChI=1S/C66H58BN3O/c1-64(2,3)43-23-29-46(30-24-43)68(47-31-25-44(26-32-47)65(4,5)6)49-37-58-62-59(38-49)70-56-39-53-50-18-13-14-21-60(50)71-61(53)40-52(56)51-19-15-20-55(63(51)70)67(62)54-35-22-42(41-16-11-10-12-17-41)36-57(54)69(58)48-33-27-45(28-34-48)66(7,8)9/h10-40H,1-9H3/i10D,11D,12D,16D,17D. The first-order valence-electron chi connectivity index (χ1n) is 27.4. The molecule has 0 unspecified atom stereocenters. The first kappa shape index (κ1) is 38.1. The minimum absolute atomic E-state index is 0.0485. The molecule has 2 aliphatic heterocycles. The van der Waals surface area contributed by atoms with Crippen LogP contribution in [0.15, 0.2) is 192 Å². The molecule has 0 aliphatic carbocycles. The van der Waals surface area contributed by atoms with Gasteiger partial charge >= 0.3 is 0 Å². The fraction of sp³-hybridized carbons (Fsp3) is 0.182. The highest BCUT2D eigenvalue weighted by Crippen LogP contribution is 2.48. The summed E-state index contributed by atoms with van der Waals surface area (Å²) in [5, 5.41) is 4.35. The van der Waals surface area contributed by atoms with E-state index in [0.29, 0.717) is 5.56 Å². The maximum atomic E-state index is 9.17. The number of furan rings is 1. The summed E-state index contributed by atoms with van der Waals surface area (Å²) in [6.07, 6.45) is 0. The van der Waals surface area contributed by atoms with Gasteiger partial charge < -0.3 is 18.8 Å². The van der Waals surface area contributed by atoms with Gasteiger partial charge in [-0.15, -0.1) is 0 Å². The molecule has 0 amide bonds. The number of rotatable bonds is 5. The Hall–Kier alpha value is -7.76. The molecule has 0 spiro atoms. The summed E-state index contributed by atoms with van der Waals surface area (Å²) in [7, 11) is 0. The van der Waals surface area contributed by atoms with Crippen LogP contribution in [0.2, 0.25) is 0 Å². The Morgan fingerprint density at radius 2 is 1.07 bits per heavy atom. The molecule has 4 heterocycles. The lowest BCUT2D eigenvalue weighted by Crippen LogP contribution is -2.60. The average molecular weight is 925 g/mol. The van der Waals surface area contributed by atoms with Crippen LogP contribution in [0.1, 0.15) is 85.9 Å². The van der Waals surface area contributed by atoms with E-state index in [1.165, 1.54) is 16.7 Å². The van der Waals surface area contributed by atoms with E-state index >= 15 is 0 Å². The van der Waals surface area contributed by atoms with Crippen LogP contribution in [0.4, 0.5) is 34.1 Å². The Kier molecular flexibility index (Phi) is 8.24. The second kappa shape index (κ2) is 15.4. The number of benzene rings is 9. The number of aromatic nitrogens is 1. The van der Waals surface area contributed by atoms with E-state index in [2.05, 4.69) is 210 Å². The van der Waals surface area contributed by atoms with Gasteiger partial charge in [-0.25, -0.2) is 0 Å². The third kappa shape index (κ3) is 6.80. The van der Waals surface area contributed by atoms with Crippen LogP contribution in [-0.2, 0) is 16.2 Å². The molecule has 2 aliphatic rings. The van der Waals surface area contributed by atoms with Gasteiger partial charge in [-0.05, 0) is 133 Å². The lowest BCUT2D eigenvalue weighted by Gasteiger charge is -2.41. The van der Waals surface area contributed by atoms with E-state index < -0.39 is 6.04 Å². The number of nitrogens with zero attached hydrogens (tertiary/aromatic N) is 3. The smallest absolute Gasteiger partial charge is 0.252 e. The highest BCUT2D eigenvalue weighted by Gasteiger charge is 2.43. The molecule has 0 radical (unpaired) electrons. The minimum Gasteiger partial charge on any atom is -0.456 e. The summed E-state index contributed by atoms with van der Waals surface area (Å²) < 4.78 is 53.3. The van der Waals surface area contributed by atoms with Gasteiger partial charge in [0.05, 0.1) is 18.1 Å². The van der Waals surface area contributed by atoms with Crippen molar-refractivity contribution in [2.75, 3.05) is 9.80 Å². The first-order valence-corrected chi connectivity index (χ1v) is 24.9. The number of fused-ring (bicyclic) bond motifs is 10. The molecule has 9 aromatic carbocycles. The van der Waals surface area contributed by atoms with Gasteiger partial charge in [-0.3, -0.25) is 0 Å². The third-order valence-electron chi connectivity index (χ3n) is 15.1. The Balaban J connectivity index is 1.17. The summed E-state index contributed by atoms with van der Waals surface area (Å²) >= 11 is 0. The molecule has 0 atom stereocenters. The topological polar surface area (TPSA) is 24.6 Å². The normalized spacial score (nSPS) is 14.4. The van der Waals surface area contributed by atoms with Crippen molar-refractivity contribution in [3.8, 4) is 16.8 Å². The quantitative estimate of drug-likeness (QED) is 0.161. The fourth-order valence-corrected chi connectivity index (χ4v) is 11.4. The zero-order valence-electron chi connectivity index (χ0n) is 46.8. The van der Waals surface area contributed by atoms with Crippen molar-refractivity contribution in [3.63, 3.8) is 0 Å². The molecule has 346 valence electrons. The van der Waals surface area contributed by atoms with Crippen molar-refractivity contribution in [1.82, 2.24) is 4.57 Å². The molecule has 0 bridgehead atoms. The van der Waals surface area contributed by atoms with Gasteiger partial charge in [0, 0.05) is 61.2 Å². The summed E-state index contributed by atoms with van der Waals surface area (Å²) in [4.78, 5) is 4.73. The van der Waals surface area contributed by atoms with Crippen molar-refractivity contribution in [2.24, 2.45) is 0 Å². The van der Waals surface area contributed by atoms with Gasteiger partial charge in [0.1, 0.15) is 11.2 Å². The lowest BCUT2D eigenvalue weighted by atomic mass is 9.33. The maximum absolute atomic E-state index is 9.17. The van der Waals surface area contributed by atoms with E-state index in [4.69, 9.17) is 11.3 Å². The second-order valence-corrected chi connectivity index (χ2v) is 22.7. The minimum atomic E-state index is -0.413. The van der Waals surface area contributed by atoms with Crippen LogP contribution in [0.25, 0.3) is 60.6 Å². The Labute approximate surface area is 424 Å². The molecule has 2 aromatic heterocycles. The SMILES string of the molecule is [2H]c1c([2H])c([2H])c(-c2ccc3c(c2)N(c2ccc(C(C)(C)C)cc2)c2cc(N(c4ccc(C(C)(C)C)cc4)c4ccc(C(C)(C)C)cc4)cc4c2B3c2cccc3c5cc6oc7ccccc7c6cc5n-4c23)c([2H])c1[2H].